The lowest BCUT2D eigenvalue weighted by molar-refractivity contribution is 0.0139. The molecule has 0 radical (unpaired) electrons. The van der Waals surface area contributed by atoms with Crippen LogP contribution in [0.15, 0.2) is 60.0 Å². The fourth-order valence-electron chi connectivity index (χ4n) is 4.04. The number of aliphatic hydroxyl groups is 2. The van der Waals surface area contributed by atoms with Crippen molar-refractivity contribution in [1.82, 2.24) is 5.32 Å². The van der Waals surface area contributed by atoms with Gasteiger partial charge in [-0.15, -0.1) is 11.3 Å². The van der Waals surface area contributed by atoms with Crippen molar-refractivity contribution in [3.8, 4) is 11.1 Å². The lowest BCUT2D eigenvalue weighted by Gasteiger charge is -2.18. The number of alkyl carbamates (subject to hydrolysis) is 1. The van der Waals surface area contributed by atoms with Gasteiger partial charge in [0.25, 0.3) is 0 Å². The summed E-state index contributed by atoms with van der Waals surface area (Å²) in [5, 5.41) is 24.8. The van der Waals surface area contributed by atoms with E-state index < -0.39 is 18.3 Å². The predicted molar refractivity (Wildman–Crippen MR) is 123 cm³/mol. The van der Waals surface area contributed by atoms with Gasteiger partial charge in [-0.3, -0.25) is 4.79 Å². The van der Waals surface area contributed by atoms with Gasteiger partial charge in [-0.1, -0.05) is 48.5 Å². The third-order valence-electron chi connectivity index (χ3n) is 5.73. The third-order valence-corrected chi connectivity index (χ3v) is 6.78. The van der Waals surface area contributed by atoms with Gasteiger partial charge in [0.1, 0.15) is 12.7 Å². The fraction of sp³-hybridized carbons (Fsp3) is 0.280. The summed E-state index contributed by atoms with van der Waals surface area (Å²) in [6.45, 7) is 1.82. The molecule has 3 N–H and O–H groups in total. The number of rotatable bonds is 8. The average Bonchev–Trinajstić information content (AvgIpc) is 3.41. The minimum absolute atomic E-state index is 0.0189. The van der Waals surface area contributed by atoms with Gasteiger partial charge in [-0.2, -0.15) is 0 Å². The molecule has 0 saturated carbocycles. The van der Waals surface area contributed by atoms with Gasteiger partial charge >= 0.3 is 6.09 Å². The normalized spacial score (nSPS) is 14.3. The Morgan fingerprint density at radius 3 is 2.28 bits per heavy atom. The van der Waals surface area contributed by atoms with Crippen LogP contribution in [0.5, 0.6) is 0 Å². The van der Waals surface area contributed by atoms with Gasteiger partial charge in [0.15, 0.2) is 5.78 Å². The Kier molecular flexibility index (Phi) is 6.69. The molecule has 4 rings (SSSR count). The number of benzene rings is 2. The molecule has 2 aromatic carbocycles. The van der Waals surface area contributed by atoms with Crippen molar-refractivity contribution in [2.24, 2.45) is 0 Å². The van der Waals surface area contributed by atoms with Crippen LogP contribution < -0.4 is 5.32 Å². The Morgan fingerprint density at radius 2 is 1.69 bits per heavy atom. The summed E-state index contributed by atoms with van der Waals surface area (Å²) in [5.74, 6) is -0.102. The predicted octanol–water partition coefficient (Wildman–Crippen LogP) is 4.27. The number of hydrogen-bond acceptors (Lipinski definition) is 6. The molecule has 1 aromatic heterocycles. The standard InChI is InChI=1S/C25H25NO5S/c1-15(27)23-12-16(14-32-23)24(29)22(28)10-11-26-25(30)31-13-21-19-8-4-2-6-17(19)18-7-3-5-9-20(18)21/h2-9,12,14,21-22,24,28-29H,10-11,13H2,1H3,(H,26,30). The van der Waals surface area contributed by atoms with E-state index in [-0.39, 0.29) is 31.3 Å². The van der Waals surface area contributed by atoms with Gasteiger partial charge < -0.3 is 20.3 Å². The smallest absolute Gasteiger partial charge is 0.407 e. The number of thiophene rings is 1. The first kappa shape index (κ1) is 22.2. The number of Topliss-reactive ketones (excluding diaryl/α,β-unsaturated/α-hetero) is 1. The molecule has 0 bridgehead atoms. The molecule has 2 unspecified atom stereocenters. The Bertz CT molecular complexity index is 1080. The largest absolute Gasteiger partial charge is 0.449 e. The van der Waals surface area contributed by atoms with Crippen LogP contribution in [-0.4, -0.2) is 41.3 Å². The molecule has 6 nitrogen and oxygen atoms in total. The van der Waals surface area contributed by atoms with Crippen LogP contribution in [-0.2, 0) is 4.74 Å². The molecule has 166 valence electrons. The minimum atomic E-state index is -1.12. The van der Waals surface area contributed by atoms with Crippen molar-refractivity contribution in [3.05, 3.63) is 81.5 Å². The molecular formula is C25H25NO5S. The first-order valence-corrected chi connectivity index (χ1v) is 11.4. The monoisotopic (exact) mass is 451 g/mol. The van der Waals surface area contributed by atoms with Gasteiger partial charge in [0.2, 0.25) is 0 Å². The summed E-state index contributed by atoms with van der Waals surface area (Å²) >= 11 is 1.23. The molecule has 3 aromatic rings. The van der Waals surface area contributed by atoms with Crippen LogP contribution in [0.1, 0.15) is 51.7 Å². The van der Waals surface area contributed by atoms with E-state index in [1.807, 2.05) is 24.3 Å². The summed E-state index contributed by atoms with van der Waals surface area (Å²) in [6.07, 6.45) is -2.61. The quantitative estimate of drug-likeness (QED) is 0.445. The van der Waals surface area contributed by atoms with E-state index in [4.69, 9.17) is 4.74 Å². The number of carbonyl (C=O) groups excluding carboxylic acids is 2. The minimum Gasteiger partial charge on any atom is -0.449 e. The molecule has 7 heteroatoms. The second-order valence-electron chi connectivity index (χ2n) is 7.85. The fourth-order valence-corrected chi connectivity index (χ4v) is 4.88. The second-order valence-corrected chi connectivity index (χ2v) is 8.76. The van der Waals surface area contributed by atoms with Gasteiger partial charge in [-0.05, 0) is 52.6 Å². The Balaban J connectivity index is 1.27. The first-order chi connectivity index (χ1) is 15.5. The highest BCUT2D eigenvalue weighted by Gasteiger charge is 2.29. The zero-order valence-electron chi connectivity index (χ0n) is 17.7. The molecule has 1 amide bonds. The van der Waals surface area contributed by atoms with Crippen molar-refractivity contribution in [3.63, 3.8) is 0 Å². The van der Waals surface area contributed by atoms with Crippen molar-refractivity contribution in [1.29, 1.82) is 0 Å². The van der Waals surface area contributed by atoms with E-state index in [0.717, 1.165) is 22.3 Å². The highest BCUT2D eigenvalue weighted by atomic mass is 32.1. The Hall–Kier alpha value is -3.00. The number of ketones is 1. The summed E-state index contributed by atoms with van der Waals surface area (Å²) < 4.78 is 5.47. The van der Waals surface area contributed by atoms with Gasteiger partial charge in [0, 0.05) is 12.5 Å². The van der Waals surface area contributed by atoms with Crippen LogP contribution in [0.4, 0.5) is 4.79 Å². The molecule has 0 saturated heterocycles. The van der Waals surface area contributed by atoms with Crippen molar-refractivity contribution in [2.45, 2.75) is 31.5 Å². The number of aliphatic hydroxyl groups excluding tert-OH is 2. The van der Waals surface area contributed by atoms with Crippen molar-refractivity contribution < 1.29 is 24.5 Å². The molecule has 1 aliphatic carbocycles. The van der Waals surface area contributed by atoms with Gasteiger partial charge in [-0.25, -0.2) is 4.79 Å². The summed E-state index contributed by atoms with van der Waals surface area (Å²) in [6, 6.07) is 17.8. The third kappa shape index (κ3) is 4.60. The molecular weight excluding hydrogens is 426 g/mol. The number of nitrogens with one attached hydrogen (secondary N) is 1. The molecule has 0 fully saturated rings. The molecule has 0 aliphatic heterocycles. The van der Waals surface area contributed by atoms with E-state index in [1.54, 1.807) is 11.4 Å². The maximum absolute atomic E-state index is 12.2. The SMILES string of the molecule is CC(=O)c1cc(C(O)C(O)CCNC(=O)OCC2c3ccccc3-c3ccccc32)cs1. The zero-order valence-corrected chi connectivity index (χ0v) is 18.5. The van der Waals surface area contributed by atoms with Crippen LogP contribution in [0.2, 0.25) is 0 Å². The Labute approximate surface area is 190 Å². The zero-order chi connectivity index (χ0) is 22.7. The molecule has 0 spiro atoms. The molecule has 1 heterocycles. The summed E-state index contributed by atoms with van der Waals surface area (Å²) in [5.41, 5.74) is 5.10. The average molecular weight is 452 g/mol. The lowest BCUT2D eigenvalue weighted by Crippen LogP contribution is -2.30. The number of hydrogen-bond donors (Lipinski definition) is 3. The molecule has 1 aliphatic rings. The highest BCUT2D eigenvalue weighted by Crippen LogP contribution is 2.44. The van der Waals surface area contributed by atoms with E-state index in [0.29, 0.717) is 10.4 Å². The Morgan fingerprint density at radius 1 is 1.06 bits per heavy atom. The van der Waals surface area contributed by atoms with Crippen molar-refractivity contribution in [2.75, 3.05) is 13.2 Å². The highest BCUT2D eigenvalue weighted by molar-refractivity contribution is 7.12. The van der Waals surface area contributed by atoms with Crippen LogP contribution in [0.25, 0.3) is 11.1 Å². The van der Waals surface area contributed by atoms with E-state index >= 15 is 0 Å². The van der Waals surface area contributed by atoms with E-state index in [2.05, 4.69) is 29.6 Å². The van der Waals surface area contributed by atoms with Crippen LogP contribution in [0, 0.1) is 0 Å². The molecule has 32 heavy (non-hydrogen) atoms. The summed E-state index contributed by atoms with van der Waals surface area (Å²) in [4.78, 5) is 24.1. The maximum Gasteiger partial charge on any atom is 0.407 e. The van der Waals surface area contributed by atoms with E-state index in [1.165, 1.54) is 18.3 Å². The van der Waals surface area contributed by atoms with Gasteiger partial charge in [0.05, 0.1) is 11.0 Å². The number of amides is 1. The van der Waals surface area contributed by atoms with Crippen molar-refractivity contribution >= 4 is 23.2 Å². The lowest BCUT2D eigenvalue weighted by atomic mass is 9.98. The number of fused-ring (bicyclic) bond motifs is 3. The molecule has 2 atom stereocenters. The maximum atomic E-state index is 12.2. The van der Waals surface area contributed by atoms with Crippen LogP contribution in [0.3, 0.4) is 0 Å². The van der Waals surface area contributed by atoms with Crippen LogP contribution >= 0.6 is 11.3 Å². The van der Waals surface area contributed by atoms with E-state index in [9.17, 15) is 19.8 Å². The first-order valence-electron chi connectivity index (χ1n) is 10.5. The summed E-state index contributed by atoms with van der Waals surface area (Å²) in [7, 11) is 0. The second kappa shape index (κ2) is 9.65. The topological polar surface area (TPSA) is 95.9 Å². The number of ether oxygens (including phenoxy) is 1. The number of carbonyl (C=O) groups is 2.